The van der Waals surface area contributed by atoms with Crippen molar-refractivity contribution in [2.75, 3.05) is 6.61 Å². The molecule has 2 rings (SSSR count). The highest BCUT2D eigenvalue weighted by molar-refractivity contribution is 6.31. The van der Waals surface area contributed by atoms with Gasteiger partial charge in [-0.2, -0.15) is 0 Å². The Labute approximate surface area is 81.1 Å². The lowest BCUT2D eigenvalue weighted by Crippen LogP contribution is -1.90. The average molecular weight is 201 g/mol. The van der Waals surface area contributed by atoms with Crippen molar-refractivity contribution in [2.24, 2.45) is 5.92 Å². The summed E-state index contributed by atoms with van der Waals surface area (Å²) in [6, 6.07) is 4.44. The molecule has 0 aliphatic heterocycles. The first-order valence-corrected chi connectivity index (χ1v) is 4.66. The average Bonchev–Trinajstić information content (AvgIpc) is 2.83. The molecule has 70 valence electrons. The molecule has 0 aromatic heterocycles. The fourth-order valence-corrected chi connectivity index (χ4v) is 1.94. The largest absolute Gasteiger partial charge is 0.396 e. The van der Waals surface area contributed by atoms with Crippen LogP contribution in [0.15, 0.2) is 18.2 Å². The van der Waals surface area contributed by atoms with E-state index in [0.29, 0.717) is 16.9 Å². The Hall–Kier alpha value is -0.600. The molecular formula is C10H10ClFO. The Morgan fingerprint density at radius 2 is 2.31 bits per heavy atom. The van der Waals surface area contributed by atoms with Crippen LogP contribution in [0.2, 0.25) is 5.02 Å². The molecule has 2 atom stereocenters. The summed E-state index contributed by atoms with van der Waals surface area (Å²) in [5, 5.41) is 9.34. The van der Waals surface area contributed by atoms with E-state index < -0.39 is 0 Å². The van der Waals surface area contributed by atoms with E-state index in [1.807, 2.05) is 0 Å². The minimum atomic E-state index is -0.310. The van der Waals surface area contributed by atoms with E-state index in [-0.39, 0.29) is 12.4 Å². The second kappa shape index (κ2) is 3.28. The van der Waals surface area contributed by atoms with Crippen molar-refractivity contribution < 1.29 is 9.50 Å². The molecule has 1 aliphatic rings. The lowest BCUT2D eigenvalue weighted by atomic mass is 10.1. The number of halogens is 2. The van der Waals surface area contributed by atoms with Crippen molar-refractivity contribution >= 4 is 11.6 Å². The highest BCUT2D eigenvalue weighted by Gasteiger charge is 2.38. The molecular weight excluding hydrogens is 191 g/mol. The van der Waals surface area contributed by atoms with Crippen molar-refractivity contribution in [3.63, 3.8) is 0 Å². The number of hydrogen-bond acceptors (Lipinski definition) is 1. The van der Waals surface area contributed by atoms with Crippen molar-refractivity contribution in [1.82, 2.24) is 0 Å². The van der Waals surface area contributed by atoms with Crippen LogP contribution < -0.4 is 0 Å². The van der Waals surface area contributed by atoms with Gasteiger partial charge < -0.3 is 5.11 Å². The maximum absolute atomic E-state index is 12.7. The van der Waals surface area contributed by atoms with Crippen molar-refractivity contribution in [1.29, 1.82) is 0 Å². The van der Waals surface area contributed by atoms with E-state index in [4.69, 9.17) is 16.7 Å². The summed E-state index contributed by atoms with van der Waals surface area (Å²) in [6.07, 6.45) is 0.960. The van der Waals surface area contributed by atoms with E-state index in [9.17, 15) is 4.39 Å². The van der Waals surface area contributed by atoms with Gasteiger partial charge in [-0.05, 0) is 36.0 Å². The molecule has 1 fully saturated rings. The fraction of sp³-hybridized carbons (Fsp3) is 0.400. The predicted molar refractivity (Wildman–Crippen MR) is 49.3 cm³/mol. The van der Waals surface area contributed by atoms with Gasteiger partial charge in [0.05, 0.1) is 0 Å². The molecule has 13 heavy (non-hydrogen) atoms. The van der Waals surface area contributed by atoms with Gasteiger partial charge in [-0.25, -0.2) is 4.39 Å². The molecule has 0 spiro atoms. The fourth-order valence-electron chi connectivity index (χ4n) is 1.63. The van der Waals surface area contributed by atoms with Gasteiger partial charge in [0.25, 0.3) is 0 Å². The molecule has 0 bridgehead atoms. The summed E-state index contributed by atoms with van der Waals surface area (Å²) in [5.41, 5.74) is 0.960. The van der Waals surface area contributed by atoms with Crippen LogP contribution in [0.1, 0.15) is 17.9 Å². The van der Waals surface area contributed by atoms with E-state index in [2.05, 4.69) is 0 Å². The van der Waals surface area contributed by atoms with E-state index in [1.54, 1.807) is 6.07 Å². The minimum absolute atomic E-state index is 0.193. The molecule has 0 saturated heterocycles. The standard InChI is InChI=1S/C10H10ClFO/c11-10-4-7(12)1-2-8(10)9-3-6(9)5-13/h1-2,4,6,9,13H,3,5H2. The summed E-state index contributed by atoms with van der Waals surface area (Å²) in [5.74, 6) is 0.344. The molecule has 1 saturated carbocycles. The van der Waals surface area contributed by atoms with Gasteiger partial charge in [-0.15, -0.1) is 0 Å². The summed E-state index contributed by atoms with van der Waals surface area (Å²) in [6.45, 7) is 0.193. The lowest BCUT2D eigenvalue weighted by molar-refractivity contribution is 0.274. The van der Waals surface area contributed by atoms with Gasteiger partial charge >= 0.3 is 0 Å². The Morgan fingerprint density at radius 1 is 1.54 bits per heavy atom. The first kappa shape index (κ1) is 8.97. The lowest BCUT2D eigenvalue weighted by Gasteiger charge is -2.02. The van der Waals surface area contributed by atoms with Gasteiger partial charge in [0, 0.05) is 11.6 Å². The summed E-state index contributed by atoms with van der Waals surface area (Å²) in [7, 11) is 0. The zero-order valence-corrected chi connectivity index (χ0v) is 7.76. The third-order valence-electron chi connectivity index (χ3n) is 2.52. The molecule has 0 radical (unpaired) electrons. The van der Waals surface area contributed by atoms with Crippen LogP contribution in [0.25, 0.3) is 0 Å². The second-order valence-corrected chi connectivity index (χ2v) is 3.86. The third-order valence-corrected chi connectivity index (χ3v) is 2.85. The van der Waals surface area contributed by atoms with Gasteiger partial charge in [-0.3, -0.25) is 0 Å². The monoisotopic (exact) mass is 200 g/mol. The minimum Gasteiger partial charge on any atom is -0.396 e. The SMILES string of the molecule is OCC1CC1c1ccc(F)cc1Cl. The quantitative estimate of drug-likeness (QED) is 0.778. The molecule has 0 heterocycles. The smallest absolute Gasteiger partial charge is 0.124 e. The van der Waals surface area contributed by atoms with Gasteiger partial charge in [0.1, 0.15) is 5.82 Å². The Balaban J connectivity index is 2.22. The summed E-state index contributed by atoms with van der Waals surface area (Å²) >= 11 is 5.87. The molecule has 3 heteroatoms. The normalized spacial score (nSPS) is 26.1. The summed E-state index contributed by atoms with van der Waals surface area (Å²) in [4.78, 5) is 0. The van der Waals surface area contributed by atoms with Crippen molar-refractivity contribution in [3.05, 3.63) is 34.6 Å². The molecule has 2 unspecified atom stereocenters. The van der Waals surface area contributed by atoms with Gasteiger partial charge in [-0.1, -0.05) is 17.7 Å². The van der Waals surface area contributed by atoms with Crippen LogP contribution in [0, 0.1) is 11.7 Å². The number of aliphatic hydroxyl groups excluding tert-OH is 1. The number of hydrogen-bond donors (Lipinski definition) is 1. The van der Waals surface area contributed by atoms with Crippen molar-refractivity contribution in [3.8, 4) is 0 Å². The van der Waals surface area contributed by atoms with Crippen LogP contribution in [-0.2, 0) is 0 Å². The summed E-state index contributed by atoms with van der Waals surface area (Å²) < 4.78 is 12.7. The highest BCUT2D eigenvalue weighted by Crippen LogP contribution is 2.49. The molecule has 1 nitrogen and oxygen atoms in total. The van der Waals surface area contributed by atoms with Crippen LogP contribution in [0.4, 0.5) is 4.39 Å². The number of benzene rings is 1. The van der Waals surface area contributed by atoms with E-state index in [1.165, 1.54) is 12.1 Å². The first-order chi connectivity index (χ1) is 6.22. The predicted octanol–water partition coefficient (Wildman–Crippen LogP) is 2.57. The molecule has 1 aromatic rings. The Bertz CT molecular complexity index is 327. The van der Waals surface area contributed by atoms with Gasteiger partial charge in [0.15, 0.2) is 0 Å². The van der Waals surface area contributed by atoms with Crippen LogP contribution in [0.3, 0.4) is 0 Å². The van der Waals surface area contributed by atoms with E-state index >= 15 is 0 Å². The molecule has 1 aromatic carbocycles. The highest BCUT2D eigenvalue weighted by atomic mass is 35.5. The zero-order valence-electron chi connectivity index (χ0n) is 7.00. The molecule has 1 N–H and O–H groups in total. The number of aliphatic hydroxyl groups is 1. The zero-order chi connectivity index (χ0) is 9.42. The van der Waals surface area contributed by atoms with Crippen molar-refractivity contribution in [2.45, 2.75) is 12.3 Å². The number of rotatable bonds is 2. The third kappa shape index (κ3) is 1.69. The van der Waals surface area contributed by atoms with Gasteiger partial charge in [0.2, 0.25) is 0 Å². The maximum atomic E-state index is 12.7. The molecule has 1 aliphatic carbocycles. The van der Waals surface area contributed by atoms with Crippen LogP contribution in [0.5, 0.6) is 0 Å². The second-order valence-electron chi connectivity index (χ2n) is 3.45. The van der Waals surface area contributed by atoms with E-state index in [0.717, 1.165) is 12.0 Å². The van der Waals surface area contributed by atoms with Crippen LogP contribution in [-0.4, -0.2) is 11.7 Å². The Morgan fingerprint density at radius 3 is 2.85 bits per heavy atom. The first-order valence-electron chi connectivity index (χ1n) is 4.28. The molecule has 0 amide bonds. The van der Waals surface area contributed by atoms with Crippen LogP contribution >= 0.6 is 11.6 Å². The topological polar surface area (TPSA) is 20.2 Å². The maximum Gasteiger partial charge on any atom is 0.124 e. The Kier molecular flexibility index (Phi) is 2.26.